The van der Waals surface area contributed by atoms with Crippen LogP contribution in [0.1, 0.15) is 68.9 Å². The number of rotatable bonds is 5. The van der Waals surface area contributed by atoms with Gasteiger partial charge >= 0.3 is 0 Å². The Labute approximate surface area is 171 Å². The monoisotopic (exact) mass is 372 g/mol. The molecule has 148 valence electrons. The quantitative estimate of drug-likeness (QED) is 0.472. The third-order valence-corrected chi connectivity index (χ3v) is 8.83. The summed E-state index contributed by atoms with van der Waals surface area (Å²) < 4.78 is 0. The van der Waals surface area contributed by atoms with E-state index in [1.165, 1.54) is 64.2 Å². The molecule has 5 atom stereocenters. The van der Waals surface area contributed by atoms with Crippen LogP contribution in [0.25, 0.3) is 0 Å². The van der Waals surface area contributed by atoms with E-state index in [9.17, 15) is 0 Å². The van der Waals surface area contributed by atoms with Gasteiger partial charge in [-0.25, -0.2) is 0 Å². The van der Waals surface area contributed by atoms with Crippen molar-refractivity contribution in [2.24, 2.45) is 29.6 Å². The number of aryl methyl sites for hydroxylation is 1. The van der Waals surface area contributed by atoms with E-state index in [0.717, 1.165) is 29.6 Å². The molecule has 0 bridgehead atoms. The Balaban J connectivity index is 1.60. The summed E-state index contributed by atoms with van der Waals surface area (Å²) in [5.41, 5.74) is 3.85. The van der Waals surface area contributed by atoms with Gasteiger partial charge in [-0.2, -0.15) is 0 Å². The Bertz CT molecular complexity index is 762. The first-order chi connectivity index (χ1) is 13.8. The molecule has 4 aliphatic rings. The molecule has 0 N–H and O–H groups in total. The summed E-state index contributed by atoms with van der Waals surface area (Å²) >= 11 is 0. The van der Waals surface area contributed by atoms with Crippen LogP contribution in [0.4, 0.5) is 0 Å². The molecule has 0 aromatic heterocycles. The second-order valence-corrected chi connectivity index (χ2v) is 9.93. The van der Waals surface area contributed by atoms with E-state index in [1.807, 2.05) is 0 Å². The van der Waals surface area contributed by atoms with E-state index < -0.39 is 0 Å². The number of fused-ring (bicyclic) bond motifs is 2. The van der Waals surface area contributed by atoms with Gasteiger partial charge in [-0.05, 0) is 92.1 Å². The maximum atomic E-state index is 4.01. The topological polar surface area (TPSA) is 0 Å². The summed E-state index contributed by atoms with van der Waals surface area (Å²) in [6.07, 6.45) is 25.8. The van der Waals surface area contributed by atoms with Gasteiger partial charge in [-0.15, -0.1) is 6.58 Å². The Hall–Kier alpha value is -1.56. The SMILES string of the molecule is C=CCCC1CC([C@@]2(C3CCCC3)CCCc3ccccc32)C2C=CC=CC12. The largest absolute Gasteiger partial charge is 0.103 e. The van der Waals surface area contributed by atoms with Crippen molar-refractivity contribution in [1.82, 2.24) is 0 Å². The lowest BCUT2D eigenvalue weighted by Gasteiger charge is -2.50. The molecule has 0 aliphatic heterocycles. The molecular formula is C28H36. The smallest absolute Gasteiger partial charge is 0.00182 e. The zero-order valence-corrected chi connectivity index (χ0v) is 17.4. The van der Waals surface area contributed by atoms with Crippen molar-refractivity contribution in [1.29, 1.82) is 0 Å². The van der Waals surface area contributed by atoms with E-state index in [0.29, 0.717) is 5.41 Å². The molecule has 2 saturated carbocycles. The van der Waals surface area contributed by atoms with Crippen molar-refractivity contribution in [3.8, 4) is 0 Å². The minimum Gasteiger partial charge on any atom is -0.103 e. The molecule has 4 unspecified atom stereocenters. The molecule has 1 aromatic rings. The maximum Gasteiger partial charge on any atom is 0.00182 e. The summed E-state index contributed by atoms with van der Waals surface area (Å²) in [5, 5.41) is 0. The van der Waals surface area contributed by atoms with Crippen molar-refractivity contribution in [3.05, 3.63) is 72.4 Å². The highest BCUT2D eigenvalue weighted by Gasteiger charge is 2.56. The lowest BCUT2D eigenvalue weighted by molar-refractivity contribution is 0.118. The first kappa shape index (κ1) is 18.5. The van der Waals surface area contributed by atoms with E-state index in [1.54, 1.807) is 11.1 Å². The Kier molecular flexibility index (Phi) is 5.07. The van der Waals surface area contributed by atoms with Gasteiger partial charge in [0.2, 0.25) is 0 Å². The maximum absolute atomic E-state index is 4.01. The van der Waals surface area contributed by atoms with Crippen molar-refractivity contribution in [2.45, 2.75) is 69.6 Å². The second-order valence-electron chi connectivity index (χ2n) is 9.93. The fraction of sp³-hybridized carbons (Fsp3) is 0.571. The van der Waals surface area contributed by atoms with Crippen LogP contribution in [0, 0.1) is 29.6 Å². The Morgan fingerprint density at radius 3 is 2.61 bits per heavy atom. The normalized spacial score (nSPS) is 37.0. The van der Waals surface area contributed by atoms with Gasteiger partial charge in [0, 0.05) is 5.41 Å². The number of hydrogen-bond donors (Lipinski definition) is 0. The second kappa shape index (κ2) is 7.69. The van der Waals surface area contributed by atoms with Crippen LogP contribution in [0.3, 0.4) is 0 Å². The average molecular weight is 373 g/mol. The van der Waals surface area contributed by atoms with Crippen LogP contribution in [-0.2, 0) is 11.8 Å². The first-order valence-electron chi connectivity index (χ1n) is 11.9. The van der Waals surface area contributed by atoms with E-state index in [2.05, 4.69) is 61.2 Å². The van der Waals surface area contributed by atoms with Crippen molar-refractivity contribution in [3.63, 3.8) is 0 Å². The highest BCUT2D eigenvalue weighted by Crippen LogP contribution is 2.62. The fourth-order valence-corrected chi connectivity index (χ4v) is 7.80. The van der Waals surface area contributed by atoms with E-state index in [4.69, 9.17) is 0 Å². The van der Waals surface area contributed by atoms with Crippen LogP contribution in [0.2, 0.25) is 0 Å². The Morgan fingerprint density at radius 2 is 1.79 bits per heavy atom. The molecule has 0 amide bonds. The van der Waals surface area contributed by atoms with Gasteiger partial charge in [0.05, 0.1) is 0 Å². The molecule has 4 aliphatic carbocycles. The molecule has 28 heavy (non-hydrogen) atoms. The molecule has 2 fully saturated rings. The third kappa shape index (κ3) is 2.87. The molecule has 0 nitrogen and oxygen atoms in total. The minimum atomic E-state index is 0.423. The lowest BCUT2D eigenvalue weighted by Crippen LogP contribution is -2.46. The summed E-state index contributed by atoms with van der Waals surface area (Å²) in [6, 6.07) is 9.57. The van der Waals surface area contributed by atoms with Crippen molar-refractivity contribution in [2.75, 3.05) is 0 Å². The average Bonchev–Trinajstić information content (AvgIpc) is 3.41. The van der Waals surface area contributed by atoms with Crippen LogP contribution in [0.5, 0.6) is 0 Å². The van der Waals surface area contributed by atoms with Gasteiger partial charge in [0.1, 0.15) is 0 Å². The molecule has 0 heteroatoms. The Morgan fingerprint density at radius 1 is 1.00 bits per heavy atom. The lowest BCUT2D eigenvalue weighted by atomic mass is 9.53. The molecule has 0 spiro atoms. The predicted molar refractivity (Wildman–Crippen MR) is 119 cm³/mol. The minimum absolute atomic E-state index is 0.423. The third-order valence-electron chi connectivity index (χ3n) is 8.83. The van der Waals surface area contributed by atoms with Gasteiger partial charge in [-0.3, -0.25) is 0 Å². The van der Waals surface area contributed by atoms with Crippen molar-refractivity contribution >= 4 is 0 Å². The predicted octanol–water partition coefficient (Wildman–Crippen LogP) is 7.41. The van der Waals surface area contributed by atoms with Crippen LogP contribution >= 0.6 is 0 Å². The summed E-state index contributed by atoms with van der Waals surface area (Å²) in [4.78, 5) is 0. The van der Waals surface area contributed by atoms with Gasteiger partial charge in [0.25, 0.3) is 0 Å². The van der Waals surface area contributed by atoms with E-state index >= 15 is 0 Å². The zero-order chi connectivity index (χ0) is 19.0. The standard InChI is InChI=1S/C28H36/c1-2-3-11-22-20-27(25-17-8-7-16-24(22)25)28(23-14-5-6-15-23)19-10-13-21-12-4-9-18-26(21)28/h2,4,7-9,12,16-18,22-25,27H,1,3,5-6,10-11,13-15,19-20H2/t22?,24?,25?,27?,28-/m1/s1. The summed E-state index contributed by atoms with van der Waals surface area (Å²) in [5.74, 6) is 4.05. The fourth-order valence-electron chi connectivity index (χ4n) is 7.80. The molecule has 0 saturated heterocycles. The van der Waals surface area contributed by atoms with Gasteiger partial charge < -0.3 is 0 Å². The van der Waals surface area contributed by atoms with Gasteiger partial charge in [-0.1, -0.05) is 67.5 Å². The number of hydrogen-bond acceptors (Lipinski definition) is 0. The molecule has 0 heterocycles. The van der Waals surface area contributed by atoms with Crippen LogP contribution < -0.4 is 0 Å². The van der Waals surface area contributed by atoms with Crippen LogP contribution in [0.15, 0.2) is 61.2 Å². The van der Waals surface area contributed by atoms with E-state index in [-0.39, 0.29) is 0 Å². The summed E-state index contributed by atoms with van der Waals surface area (Å²) in [6.45, 7) is 4.01. The number of allylic oxidation sites excluding steroid dienone is 5. The molecule has 1 aromatic carbocycles. The van der Waals surface area contributed by atoms with Crippen molar-refractivity contribution < 1.29 is 0 Å². The highest BCUT2D eigenvalue weighted by molar-refractivity contribution is 5.40. The van der Waals surface area contributed by atoms with Gasteiger partial charge in [0.15, 0.2) is 0 Å². The number of benzene rings is 1. The highest BCUT2D eigenvalue weighted by atomic mass is 14.6. The molecule has 5 rings (SSSR count). The first-order valence-corrected chi connectivity index (χ1v) is 11.9. The summed E-state index contributed by atoms with van der Waals surface area (Å²) in [7, 11) is 0. The molecular weight excluding hydrogens is 336 g/mol. The molecule has 0 radical (unpaired) electrons. The zero-order valence-electron chi connectivity index (χ0n) is 17.4. The van der Waals surface area contributed by atoms with Crippen LogP contribution in [-0.4, -0.2) is 0 Å².